The van der Waals surface area contributed by atoms with Crippen molar-refractivity contribution < 1.29 is 9.50 Å². The molecule has 1 atom stereocenters. The molecule has 16 heavy (non-hydrogen) atoms. The molecule has 0 bridgehead atoms. The van der Waals surface area contributed by atoms with Gasteiger partial charge in [0.05, 0.1) is 11.8 Å². The minimum absolute atomic E-state index is 0.331. The average Bonchev–Trinajstić information content (AvgIpc) is 2.64. The van der Waals surface area contributed by atoms with Gasteiger partial charge in [-0.25, -0.2) is 4.39 Å². The number of rotatable bonds is 3. The lowest BCUT2D eigenvalue weighted by Gasteiger charge is -2.08. The van der Waals surface area contributed by atoms with Crippen LogP contribution >= 0.6 is 0 Å². The normalized spacial score (nSPS) is 12.7. The Kier molecular flexibility index (Phi) is 2.96. The van der Waals surface area contributed by atoms with E-state index in [1.807, 2.05) is 0 Å². The lowest BCUT2D eigenvalue weighted by atomic mass is 10.1. The molecule has 1 N–H and O–H groups in total. The van der Waals surface area contributed by atoms with Crippen molar-refractivity contribution in [2.45, 2.75) is 12.5 Å². The highest BCUT2D eigenvalue weighted by molar-refractivity contribution is 5.20. The second-order valence-corrected chi connectivity index (χ2v) is 3.66. The lowest BCUT2D eigenvalue weighted by Crippen LogP contribution is -2.02. The number of nitrogens with zero attached hydrogens (tertiary/aromatic N) is 3. The Labute approximate surface area is 92.3 Å². The molecule has 0 saturated heterocycles. The molecule has 2 rings (SSSR count). The van der Waals surface area contributed by atoms with Crippen molar-refractivity contribution in [3.05, 3.63) is 47.5 Å². The highest BCUT2D eigenvalue weighted by Gasteiger charge is 2.11. The molecule has 0 aliphatic heterocycles. The van der Waals surface area contributed by atoms with Crippen molar-refractivity contribution in [1.29, 1.82) is 0 Å². The first kappa shape index (κ1) is 10.8. The molecule has 0 aliphatic carbocycles. The van der Waals surface area contributed by atoms with E-state index >= 15 is 0 Å². The van der Waals surface area contributed by atoms with E-state index in [1.165, 1.54) is 12.1 Å². The van der Waals surface area contributed by atoms with Crippen LogP contribution in [-0.2, 0) is 13.5 Å². The van der Waals surface area contributed by atoms with Crippen molar-refractivity contribution in [1.82, 2.24) is 15.0 Å². The lowest BCUT2D eigenvalue weighted by molar-refractivity contribution is 0.176. The van der Waals surface area contributed by atoms with Crippen molar-refractivity contribution in [2.24, 2.45) is 7.05 Å². The molecule has 0 amide bonds. The van der Waals surface area contributed by atoms with Crippen LogP contribution in [0.2, 0.25) is 0 Å². The summed E-state index contributed by atoms with van der Waals surface area (Å²) in [5.41, 5.74) is 1.23. The average molecular weight is 221 g/mol. The van der Waals surface area contributed by atoms with Gasteiger partial charge in [-0.3, -0.25) is 4.68 Å². The Hall–Kier alpha value is -1.75. The van der Waals surface area contributed by atoms with Gasteiger partial charge >= 0.3 is 0 Å². The van der Waals surface area contributed by atoms with Gasteiger partial charge in [0.25, 0.3) is 0 Å². The van der Waals surface area contributed by atoms with E-state index in [1.54, 1.807) is 30.1 Å². The number of aryl methyl sites for hydroxylation is 1. The van der Waals surface area contributed by atoms with Crippen LogP contribution in [0.3, 0.4) is 0 Å². The molecule has 5 heteroatoms. The smallest absolute Gasteiger partial charge is 0.123 e. The summed E-state index contributed by atoms with van der Waals surface area (Å²) in [7, 11) is 1.76. The minimum Gasteiger partial charge on any atom is -0.388 e. The molecule has 1 aromatic heterocycles. The van der Waals surface area contributed by atoms with Crippen LogP contribution in [0.5, 0.6) is 0 Å². The number of halogens is 1. The largest absolute Gasteiger partial charge is 0.388 e. The molecule has 0 radical (unpaired) electrons. The fourth-order valence-electron chi connectivity index (χ4n) is 1.52. The fraction of sp³-hybridized carbons (Fsp3) is 0.273. The number of hydrogen-bond acceptors (Lipinski definition) is 3. The van der Waals surface area contributed by atoms with E-state index in [-0.39, 0.29) is 5.82 Å². The van der Waals surface area contributed by atoms with Crippen molar-refractivity contribution in [2.75, 3.05) is 0 Å². The van der Waals surface area contributed by atoms with Gasteiger partial charge in [0.1, 0.15) is 5.82 Å². The number of aliphatic hydroxyl groups excluding tert-OH is 1. The van der Waals surface area contributed by atoms with E-state index in [0.29, 0.717) is 17.7 Å². The van der Waals surface area contributed by atoms with Gasteiger partial charge in [0.2, 0.25) is 0 Å². The van der Waals surface area contributed by atoms with Crippen LogP contribution in [0, 0.1) is 5.82 Å². The zero-order valence-corrected chi connectivity index (χ0v) is 8.84. The maximum absolute atomic E-state index is 12.9. The molecule has 2 aromatic rings. The van der Waals surface area contributed by atoms with E-state index < -0.39 is 6.10 Å². The summed E-state index contributed by atoms with van der Waals surface area (Å²) < 4.78 is 14.5. The molecule has 84 valence electrons. The second-order valence-electron chi connectivity index (χ2n) is 3.66. The summed E-state index contributed by atoms with van der Waals surface area (Å²) in [6.45, 7) is 0. The van der Waals surface area contributed by atoms with Gasteiger partial charge in [0.15, 0.2) is 0 Å². The fourth-order valence-corrected chi connectivity index (χ4v) is 1.52. The maximum Gasteiger partial charge on any atom is 0.123 e. The molecule has 4 nitrogen and oxygen atoms in total. The number of aromatic nitrogens is 3. The third-order valence-electron chi connectivity index (χ3n) is 2.29. The Morgan fingerprint density at radius 3 is 2.94 bits per heavy atom. The summed E-state index contributed by atoms with van der Waals surface area (Å²) in [5, 5.41) is 17.5. The van der Waals surface area contributed by atoms with Crippen LogP contribution < -0.4 is 0 Å². The van der Waals surface area contributed by atoms with Crippen LogP contribution in [0.4, 0.5) is 4.39 Å². The number of benzene rings is 1. The Balaban J connectivity index is 2.11. The summed E-state index contributed by atoms with van der Waals surface area (Å²) in [6.07, 6.45) is 1.30. The van der Waals surface area contributed by atoms with E-state index in [0.717, 1.165) is 0 Å². The Bertz CT molecular complexity index is 484. The van der Waals surface area contributed by atoms with Crippen LogP contribution in [0.25, 0.3) is 0 Å². The Morgan fingerprint density at radius 2 is 2.31 bits per heavy atom. The molecule has 0 fully saturated rings. The third kappa shape index (κ3) is 2.43. The zero-order chi connectivity index (χ0) is 11.5. The monoisotopic (exact) mass is 221 g/mol. The van der Waals surface area contributed by atoms with Crippen molar-refractivity contribution in [3.63, 3.8) is 0 Å². The van der Waals surface area contributed by atoms with E-state index in [4.69, 9.17) is 0 Å². The molecular formula is C11H12FN3O. The molecule has 1 aromatic carbocycles. The summed E-state index contributed by atoms with van der Waals surface area (Å²) in [4.78, 5) is 0. The standard InChI is InChI=1S/C11H12FN3O/c1-15-7-10(13-14-15)6-11(16)8-3-2-4-9(12)5-8/h2-5,7,11,16H,6H2,1H3. The maximum atomic E-state index is 12.9. The first-order valence-corrected chi connectivity index (χ1v) is 4.94. The van der Waals surface area contributed by atoms with Crippen LogP contribution in [0.1, 0.15) is 17.4 Å². The highest BCUT2D eigenvalue weighted by atomic mass is 19.1. The zero-order valence-electron chi connectivity index (χ0n) is 8.84. The molecular weight excluding hydrogens is 209 g/mol. The molecule has 0 aliphatic rings. The van der Waals surface area contributed by atoms with Crippen molar-refractivity contribution >= 4 is 0 Å². The van der Waals surface area contributed by atoms with Crippen molar-refractivity contribution in [3.8, 4) is 0 Å². The van der Waals surface area contributed by atoms with Crippen LogP contribution in [0.15, 0.2) is 30.5 Å². The molecule has 0 saturated carbocycles. The molecule has 1 heterocycles. The molecule has 1 unspecified atom stereocenters. The first-order valence-electron chi connectivity index (χ1n) is 4.94. The summed E-state index contributed by atoms with van der Waals surface area (Å²) in [6, 6.07) is 5.92. The van der Waals surface area contributed by atoms with Crippen LogP contribution in [-0.4, -0.2) is 20.1 Å². The van der Waals surface area contributed by atoms with Gasteiger partial charge in [-0.15, -0.1) is 5.10 Å². The molecule has 0 spiro atoms. The van der Waals surface area contributed by atoms with Gasteiger partial charge in [-0.2, -0.15) is 0 Å². The quantitative estimate of drug-likeness (QED) is 0.848. The van der Waals surface area contributed by atoms with E-state index in [9.17, 15) is 9.50 Å². The summed E-state index contributed by atoms with van der Waals surface area (Å²) >= 11 is 0. The SMILES string of the molecule is Cn1cc(CC(O)c2cccc(F)c2)nn1. The third-order valence-corrected chi connectivity index (χ3v) is 2.29. The predicted molar refractivity (Wildman–Crippen MR) is 56.1 cm³/mol. The Morgan fingerprint density at radius 1 is 1.50 bits per heavy atom. The van der Waals surface area contributed by atoms with Gasteiger partial charge in [0, 0.05) is 19.7 Å². The predicted octanol–water partition coefficient (Wildman–Crippen LogP) is 1.23. The summed E-state index contributed by atoms with van der Waals surface area (Å²) in [5.74, 6) is -0.351. The van der Waals surface area contributed by atoms with Gasteiger partial charge < -0.3 is 5.11 Å². The van der Waals surface area contributed by atoms with Gasteiger partial charge in [-0.1, -0.05) is 17.3 Å². The van der Waals surface area contributed by atoms with E-state index in [2.05, 4.69) is 10.3 Å². The number of hydrogen-bond donors (Lipinski definition) is 1. The highest BCUT2D eigenvalue weighted by Crippen LogP contribution is 2.17. The topological polar surface area (TPSA) is 50.9 Å². The first-order chi connectivity index (χ1) is 7.65. The minimum atomic E-state index is -0.757. The van der Waals surface area contributed by atoms with Gasteiger partial charge in [-0.05, 0) is 17.7 Å². The second kappa shape index (κ2) is 4.40. The number of aliphatic hydroxyl groups is 1.